The number of piperidine rings is 2. The predicted molar refractivity (Wildman–Crippen MR) is 93.6 cm³/mol. The third kappa shape index (κ3) is 3.24. The minimum atomic E-state index is 0.209. The van der Waals surface area contributed by atoms with Crippen molar-refractivity contribution in [3.8, 4) is 0 Å². The van der Waals surface area contributed by atoms with Crippen molar-refractivity contribution >= 4 is 17.2 Å². The number of rotatable bonds is 4. The van der Waals surface area contributed by atoms with E-state index in [9.17, 15) is 9.90 Å². The molecule has 0 aromatic carbocycles. The number of likely N-dealkylation sites (tertiary alicyclic amines) is 2. The van der Waals surface area contributed by atoms with Gasteiger partial charge in [-0.15, -0.1) is 11.3 Å². The van der Waals surface area contributed by atoms with Crippen molar-refractivity contribution in [1.82, 2.24) is 14.8 Å². The van der Waals surface area contributed by atoms with Crippen LogP contribution in [0.4, 0.5) is 0 Å². The highest BCUT2D eigenvalue weighted by Crippen LogP contribution is 2.46. The number of thiazole rings is 1. The highest BCUT2D eigenvalue weighted by atomic mass is 32.1. The molecule has 1 aromatic rings. The van der Waals surface area contributed by atoms with E-state index < -0.39 is 0 Å². The molecule has 5 nitrogen and oxygen atoms in total. The van der Waals surface area contributed by atoms with Gasteiger partial charge in [-0.1, -0.05) is 0 Å². The standard InChI is InChI=1S/C18H27N3O2S/c22-13-15-11-21(17(23)14-1-2-14)9-5-18(15)3-7-20(8-4-18)12-16-19-6-10-24-16/h6,10,14-15,22H,1-5,7-9,11-13H2/t15-/m1/s1. The van der Waals surface area contributed by atoms with Crippen LogP contribution in [-0.4, -0.2) is 58.6 Å². The lowest BCUT2D eigenvalue weighted by Crippen LogP contribution is -2.54. The number of hydrogen-bond acceptors (Lipinski definition) is 5. The molecule has 0 unspecified atom stereocenters. The van der Waals surface area contributed by atoms with E-state index in [0.29, 0.717) is 11.8 Å². The molecule has 3 aliphatic rings. The number of aromatic nitrogens is 1. The molecular formula is C18H27N3O2S. The summed E-state index contributed by atoms with van der Waals surface area (Å²) in [7, 11) is 0. The fourth-order valence-electron chi connectivity index (χ4n) is 4.49. The third-order valence-corrected chi connectivity index (χ3v) is 7.10. The van der Waals surface area contributed by atoms with E-state index in [-0.39, 0.29) is 17.9 Å². The topological polar surface area (TPSA) is 56.7 Å². The van der Waals surface area contributed by atoms with Gasteiger partial charge in [0.15, 0.2) is 0 Å². The van der Waals surface area contributed by atoms with Crippen molar-refractivity contribution in [3.05, 3.63) is 16.6 Å². The summed E-state index contributed by atoms with van der Waals surface area (Å²) in [4.78, 5) is 21.3. The molecule has 0 radical (unpaired) electrons. The highest BCUT2D eigenvalue weighted by molar-refractivity contribution is 7.09. The van der Waals surface area contributed by atoms with Crippen molar-refractivity contribution in [2.24, 2.45) is 17.3 Å². The second-order valence-electron chi connectivity index (χ2n) is 7.75. The molecular weight excluding hydrogens is 322 g/mol. The summed E-state index contributed by atoms with van der Waals surface area (Å²) in [6, 6.07) is 0. The summed E-state index contributed by atoms with van der Waals surface area (Å²) in [5.74, 6) is 0.874. The molecule has 132 valence electrons. The molecule has 1 amide bonds. The van der Waals surface area contributed by atoms with Crippen molar-refractivity contribution in [3.63, 3.8) is 0 Å². The van der Waals surface area contributed by atoms with Crippen LogP contribution in [0.1, 0.15) is 37.1 Å². The van der Waals surface area contributed by atoms with Crippen LogP contribution >= 0.6 is 11.3 Å². The van der Waals surface area contributed by atoms with E-state index in [1.807, 2.05) is 16.5 Å². The number of nitrogens with zero attached hydrogens (tertiary/aromatic N) is 3. The van der Waals surface area contributed by atoms with Crippen LogP contribution in [0.15, 0.2) is 11.6 Å². The van der Waals surface area contributed by atoms with E-state index >= 15 is 0 Å². The molecule has 4 rings (SSSR count). The van der Waals surface area contributed by atoms with Crippen LogP contribution in [0.3, 0.4) is 0 Å². The summed E-state index contributed by atoms with van der Waals surface area (Å²) < 4.78 is 0. The van der Waals surface area contributed by atoms with Crippen LogP contribution in [0.25, 0.3) is 0 Å². The van der Waals surface area contributed by atoms with Crippen molar-refractivity contribution < 1.29 is 9.90 Å². The van der Waals surface area contributed by atoms with Gasteiger partial charge >= 0.3 is 0 Å². The molecule has 2 aliphatic heterocycles. The van der Waals surface area contributed by atoms with Gasteiger partial charge in [0.2, 0.25) is 5.91 Å². The molecule has 1 N–H and O–H groups in total. The van der Waals surface area contributed by atoms with Crippen LogP contribution in [0.5, 0.6) is 0 Å². The molecule has 1 atom stereocenters. The molecule has 3 fully saturated rings. The van der Waals surface area contributed by atoms with Gasteiger partial charge in [0.25, 0.3) is 0 Å². The Morgan fingerprint density at radius 3 is 2.67 bits per heavy atom. The number of amides is 1. The van der Waals surface area contributed by atoms with Crippen LogP contribution in [0, 0.1) is 17.3 Å². The highest BCUT2D eigenvalue weighted by Gasteiger charge is 2.46. The summed E-state index contributed by atoms with van der Waals surface area (Å²) in [6.07, 6.45) is 7.33. The fourth-order valence-corrected chi connectivity index (χ4v) is 5.15. The number of aliphatic hydroxyl groups excluding tert-OH is 1. The normalized spacial score (nSPS) is 27.5. The number of carbonyl (C=O) groups is 1. The SMILES string of the molecule is O=C(C1CC1)N1CCC2(CCN(Cc3nccs3)CC2)[C@@H](CO)C1. The van der Waals surface area contributed by atoms with Gasteiger partial charge in [0.1, 0.15) is 5.01 Å². The zero-order chi connectivity index (χ0) is 16.6. The maximum atomic E-state index is 12.4. The summed E-state index contributed by atoms with van der Waals surface area (Å²) >= 11 is 1.72. The first kappa shape index (κ1) is 16.5. The quantitative estimate of drug-likeness (QED) is 0.903. The molecule has 6 heteroatoms. The lowest BCUT2D eigenvalue weighted by Gasteiger charge is -2.51. The van der Waals surface area contributed by atoms with E-state index in [0.717, 1.165) is 64.8 Å². The van der Waals surface area contributed by atoms with Gasteiger partial charge in [-0.05, 0) is 50.6 Å². The van der Waals surface area contributed by atoms with E-state index in [1.165, 1.54) is 5.01 Å². The van der Waals surface area contributed by atoms with E-state index in [4.69, 9.17) is 0 Å². The Morgan fingerprint density at radius 2 is 2.04 bits per heavy atom. The maximum absolute atomic E-state index is 12.4. The largest absolute Gasteiger partial charge is 0.396 e. The Bertz CT molecular complexity index is 565. The zero-order valence-electron chi connectivity index (χ0n) is 14.2. The molecule has 1 aromatic heterocycles. The van der Waals surface area contributed by atoms with Gasteiger partial charge in [0, 0.05) is 43.1 Å². The van der Waals surface area contributed by atoms with Gasteiger partial charge in [-0.25, -0.2) is 4.98 Å². The first-order valence-corrected chi connectivity index (χ1v) is 10.1. The molecule has 3 heterocycles. The lowest BCUT2D eigenvalue weighted by molar-refractivity contribution is -0.139. The summed E-state index contributed by atoms with van der Waals surface area (Å²) in [6.45, 7) is 4.96. The van der Waals surface area contributed by atoms with Crippen molar-refractivity contribution in [2.75, 3.05) is 32.8 Å². The average molecular weight is 350 g/mol. The van der Waals surface area contributed by atoms with Crippen molar-refractivity contribution in [1.29, 1.82) is 0 Å². The van der Waals surface area contributed by atoms with Gasteiger partial charge < -0.3 is 10.0 Å². The molecule has 1 saturated carbocycles. The maximum Gasteiger partial charge on any atom is 0.225 e. The summed E-state index contributed by atoms with van der Waals surface area (Å²) in [5, 5.41) is 13.2. The molecule has 24 heavy (non-hydrogen) atoms. The minimum Gasteiger partial charge on any atom is -0.396 e. The zero-order valence-corrected chi connectivity index (χ0v) is 15.0. The molecule has 2 saturated heterocycles. The van der Waals surface area contributed by atoms with E-state index in [1.54, 1.807) is 11.3 Å². The second-order valence-corrected chi connectivity index (χ2v) is 8.73. The van der Waals surface area contributed by atoms with Crippen molar-refractivity contribution in [2.45, 2.75) is 38.6 Å². The fraction of sp³-hybridized carbons (Fsp3) is 0.778. The Labute approximate surface area is 147 Å². The monoisotopic (exact) mass is 349 g/mol. The smallest absolute Gasteiger partial charge is 0.225 e. The first-order valence-electron chi connectivity index (χ1n) is 9.20. The molecule has 0 bridgehead atoms. The van der Waals surface area contributed by atoms with Gasteiger partial charge in [0.05, 0.1) is 6.54 Å². The average Bonchev–Trinajstić information content (AvgIpc) is 3.34. The van der Waals surface area contributed by atoms with Crippen LogP contribution < -0.4 is 0 Å². The minimum absolute atomic E-state index is 0.209. The Kier molecular flexibility index (Phi) is 4.62. The third-order valence-electron chi connectivity index (χ3n) is 6.34. The number of aliphatic hydroxyl groups is 1. The second kappa shape index (κ2) is 6.73. The Morgan fingerprint density at radius 1 is 1.29 bits per heavy atom. The Hall–Kier alpha value is -0.980. The number of hydrogen-bond donors (Lipinski definition) is 1. The first-order chi connectivity index (χ1) is 11.7. The van der Waals surface area contributed by atoms with Crippen LogP contribution in [0.2, 0.25) is 0 Å². The predicted octanol–water partition coefficient (Wildman–Crippen LogP) is 1.98. The summed E-state index contributed by atoms with van der Waals surface area (Å²) in [5.41, 5.74) is 0.231. The molecule has 1 aliphatic carbocycles. The van der Waals surface area contributed by atoms with Crippen LogP contribution in [-0.2, 0) is 11.3 Å². The number of carbonyl (C=O) groups excluding carboxylic acids is 1. The molecule has 1 spiro atoms. The van der Waals surface area contributed by atoms with Gasteiger partial charge in [-0.3, -0.25) is 9.69 Å². The Balaban J connectivity index is 1.36. The van der Waals surface area contributed by atoms with Gasteiger partial charge in [-0.2, -0.15) is 0 Å². The lowest BCUT2D eigenvalue weighted by atomic mass is 9.64. The van der Waals surface area contributed by atoms with E-state index in [2.05, 4.69) is 9.88 Å².